The summed E-state index contributed by atoms with van der Waals surface area (Å²) in [6.45, 7) is 2.37. The number of hydrogen-bond acceptors (Lipinski definition) is 9. The molecule has 9 heteroatoms. The number of carbonyl (C=O) groups is 2. The lowest BCUT2D eigenvalue weighted by molar-refractivity contribution is -0.200. The van der Waals surface area contributed by atoms with Crippen molar-refractivity contribution in [3.8, 4) is 11.5 Å². The van der Waals surface area contributed by atoms with Crippen molar-refractivity contribution in [3.63, 3.8) is 0 Å². The molecule has 0 radical (unpaired) electrons. The molecule has 0 heterocycles. The second-order valence-electron chi connectivity index (χ2n) is 11.6. The van der Waals surface area contributed by atoms with Gasteiger partial charge in [-0.2, -0.15) is 0 Å². The van der Waals surface area contributed by atoms with Gasteiger partial charge in [-0.25, -0.2) is 9.59 Å². The first kappa shape index (κ1) is 36.3. The molecule has 0 aromatic heterocycles. The highest BCUT2D eigenvalue weighted by atomic mass is 16.6. The molecule has 0 amide bonds. The first-order chi connectivity index (χ1) is 20.7. The molecule has 4 atom stereocenters. The van der Waals surface area contributed by atoms with Gasteiger partial charge in [-0.3, -0.25) is 0 Å². The number of phenols is 2. The molecule has 0 saturated heterocycles. The lowest BCUT2D eigenvalue weighted by Crippen LogP contribution is -2.57. The van der Waals surface area contributed by atoms with Crippen LogP contribution in [0.2, 0.25) is 0 Å². The van der Waals surface area contributed by atoms with Gasteiger partial charge in [0.2, 0.25) is 0 Å². The highest BCUT2D eigenvalue weighted by Gasteiger charge is 2.51. The van der Waals surface area contributed by atoms with Gasteiger partial charge >= 0.3 is 11.9 Å². The van der Waals surface area contributed by atoms with E-state index in [2.05, 4.69) is 19.1 Å². The van der Waals surface area contributed by atoms with Crippen molar-refractivity contribution >= 4 is 18.0 Å². The van der Waals surface area contributed by atoms with Crippen LogP contribution in [0, 0.1) is 0 Å². The van der Waals surface area contributed by atoms with Crippen molar-refractivity contribution < 1.29 is 44.6 Å². The van der Waals surface area contributed by atoms with Crippen LogP contribution in [0.3, 0.4) is 0 Å². The van der Waals surface area contributed by atoms with Crippen LogP contribution in [0.4, 0.5) is 0 Å². The molecule has 1 aliphatic carbocycles. The maximum Gasteiger partial charge on any atom is 0.338 e. The van der Waals surface area contributed by atoms with Crippen LogP contribution >= 0.6 is 0 Å². The summed E-state index contributed by atoms with van der Waals surface area (Å²) in [4.78, 5) is 25.0. The van der Waals surface area contributed by atoms with E-state index in [0.717, 1.165) is 38.2 Å². The molecular weight excluding hydrogens is 552 g/mol. The van der Waals surface area contributed by atoms with E-state index in [9.17, 15) is 35.1 Å². The van der Waals surface area contributed by atoms with E-state index in [-0.39, 0.29) is 18.1 Å². The zero-order valence-electron chi connectivity index (χ0n) is 25.7. The van der Waals surface area contributed by atoms with Crippen molar-refractivity contribution in [2.45, 2.75) is 134 Å². The fraction of sp³-hybridized carbons (Fsp3) is 0.647. The molecule has 43 heavy (non-hydrogen) atoms. The summed E-state index contributed by atoms with van der Waals surface area (Å²) in [6.07, 6.45) is 18.1. The molecule has 1 saturated carbocycles. The van der Waals surface area contributed by atoms with Gasteiger partial charge in [0, 0.05) is 18.9 Å². The van der Waals surface area contributed by atoms with Gasteiger partial charge in [-0.1, -0.05) is 82.9 Å². The van der Waals surface area contributed by atoms with E-state index in [4.69, 9.17) is 9.47 Å². The standard InChI is InChI=1S/C34H52O9/c1-2-3-4-5-6-7-8-9-10-11-12-13-14-15-16-17-22-42-33(40)34(41)24-29(37)32(39)30(25-34)43-31(38)21-19-26-18-20-27(35)28(36)23-26/h9-10,18-21,23,29-30,32,35-37,39,41H,2-8,11-17,22,24-25H2,1H3/b10-9+,21-19+/t29-,30-,32-,34+/m0/s1. The number of aliphatic hydroxyl groups excluding tert-OH is 2. The SMILES string of the molecule is CCCCCCCC/C=C/CCCCCCCCOC(=O)[C@]1(O)C[C@H](OC(=O)/C=C/c2ccc(O)c(O)c2)[C@@H](O)[C@@H](O)C1. The minimum atomic E-state index is -2.10. The molecule has 1 aromatic carbocycles. The predicted molar refractivity (Wildman–Crippen MR) is 165 cm³/mol. The van der Waals surface area contributed by atoms with E-state index in [1.54, 1.807) is 0 Å². The van der Waals surface area contributed by atoms with Gasteiger partial charge in [-0.05, 0) is 55.9 Å². The minimum Gasteiger partial charge on any atom is -0.504 e. The Balaban J connectivity index is 1.61. The van der Waals surface area contributed by atoms with E-state index in [1.807, 2.05) is 0 Å². The number of aromatic hydroxyl groups is 2. The van der Waals surface area contributed by atoms with E-state index in [1.165, 1.54) is 75.6 Å². The molecule has 1 aromatic rings. The fourth-order valence-corrected chi connectivity index (χ4v) is 5.18. The number of carbonyl (C=O) groups excluding carboxylic acids is 2. The smallest absolute Gasteiger partial charge is 0.338 e. The fourth-order valence-electron chi connectivity index (χ4n) is 5.18. The largest absolute Gasteiger partial charge is 0.504 e. The lowest BCUT2D eigenvalue weighted by Gasteiger charge is -2.39. The Hall–Kier alpha value is -2.88. The first-order valence-corrected chi connectivity index (χ1v) is 16.0. The van der Waals surface area contributed by atoms with E-state index < -0.39 is 48.7 Å². The van der Waals surface area contributed by atoms with Crippen LogP contribution in [0.15, 0.2) is 36.4 Å². The third-order valence-corrected chi connectivity index (χ3v) is 7.81. The van der Waals surface area contributed by atoms with E-state index in [0.29, 0.717) is 12.0 Å². The molecule has 5 N–H and O–H groups in total. The van der Waals surface area contributed by atoms with Crippen molar-refractivity contribution in [1.82, 2.24) is 0 Å². The summed E-state index contributed by atoms with van der Waals surface area (Å²) < 4.78 is 10.5. The summed E-state index contributed by atoms with van der Waals surface area (Å²) in [5, 5.41) is 50.4. The van der Waals surface area contributed by atoms with Gasteiger partial charge < -0.3 is 35.0 Å². The zero-order valence-corrected chi connectivity index (χ0v) is 25.7. The van der Waals surface area contributed by atoms with Gasteiger partial charge in [0.25, 0.3) is 0 Å². The van der Waals surface area contributed by atoms with Crippen LogP contribution in [0.1, 0.15) is 115 Å². The zero-order chi connectivity index (χ0) is 31.5. The van der Waals surface area contributed by atoms with Gasteiger partial charge in [-0.15, -0.1) is 0 Å². The van der Waals surface area contributed by atoms with Gasteiger partial charge in [0.05, 0.1) is 12.7 Å². The van der Waals surface area contributed by atoms with Crippen molar-refractivity contribution in [2.75, 3.05) is 6.61 Å². The average molecular weight is 605 g/mol. The highest BCUT2D eigenvalue weighted by molar-refractivity contribution is 5.87. The maximum atomic E-state index is 12.7. The number of hydrogen-bond donors (Lipinski definition) is 5. The second-order valence-corrected chi connectivity index (χ2v) is 11.6. The molecule has 9 nitrogen and oxygen atoms in total. The van der Waals surface area contributed by atoms with Crippen molar-refractivity contribution in [2.24, 2.45) is 0 Å². The van der Waals surface area contributed by atoms with Crippen LogP contribution in [-0.4, -0.2) is 68.0 Å². The Bertz CT molecular complexity index is 1020. The monoisotopic (exact) mass is 604 g/mol. The number of phenolic OH excluding ortho intramolecular Hbond substituents is 2. The Morgan fingerprint density at radius 3 is 2.09 bits per heavy atom. The van der Waals surface area contributed by atoms with E-state index >= 15 is 0 Å². The first-order valence-electron chi connectivity index (χ1n) is 16.0. The number of rotatable bonds is 20. The number of benzene rings is 1. The number of esters is 2. The molecule has 242 valence electrons. The Kier molecular flexibility index (Phi) is 17.0. The number of unbranched alkanes of at least 4 members (excludes halogenated alkanes) is 12. The highest BCUT2D eigenvalue weighted by Crippen LogP contribution is 2.32. The molecule has 0 spiro atoms. The molecule has 2 rings (SSSR count). The lowest BCUT2D eigenvalue weighted by atomic mass is 9.79. The van der Waals surface area contributed by atoms with Crippen molar-refractivity contribution in [3.05, 3.63) is 42.0 Å². The predicted octanol–water partition coefficient (Wildman–Crippen LogP) is 5.85. The molecule has 1 fully saturated rings. The second kappa shape index (κ2) is 20.1. The molecule has 0 aliphatic heterocycles. The molecule has 0 bridgehead atoms. The average Bonchev–Trinajstić information content (AvgIpc) is 2.97. The summed E-state index contributed by atoms with van der Waals surface area (Å²) in [6, 6.07) is 3.96. The summed E-state index contributed by atoms with van der Waals surface area (Å²) in [7, 11) is 0. The van der Waals surface area contributed by atoms with Crippen LogP contribution < -0.4 is 0 Å². The number of allylic oxidation sites excluding steroid dienone is 2. The Labute approximate surface area is 256 Å². The maximum absolute atomic E-state index is 12.7. The van der Waals surface area contributed by atoms with Crippen LogP contribution in [0.25, 0.3) is 6.08 Å². The molecule has 0 unspecified atom stereocenters. The Morgan fingerprint density at radius 2 is 1.47 bits per heavy atom. The molecular formula is C34H52O9. The molecule has 1 aliphatic rings. The van der Waals surface area contributed by atoms with Crippen LogP contribution in [-0.2, 0) is 19.1 Å². The van der Waals surface area contributed by atoms with Crippen LogP contribution in [0.5, 0.6) is 11.5 Å². The third-order valence-electron chi connectivity index (χ3n) is 7.81. The quantitative estimate of drug-likeness (QED) is 0.0405. The van der Waals surface area contributed by atoms with Gasteiger partial charge in [0.1, 0.15) is 12.2 Å². The van der Waals surface area contributed by atoms with Gasteiger partial charge in [0.15, 0.2) is 17.1 Å². The topological polar surface area (TPSA) is 154 Å². The van der Waals surface area contributed by atoms with Crippen molar-refractivity contribution in [1.29, 1.82) is 0 Å². The summed E-state index contributed by atoms with van der Waals surface area (Å²) in [5.74, 6) is -2.46. The third kappa shape index (κ3) is 14.0. The summed E-state index contributed by atoms with van der Waals surface area (Å²) >= 11 is 0. The Morgan fingerprint density at radius 1 is 0.860 bits per heavy atom. The number of ether oxygens (including phenoxy) is 2. The normalized spacial score (nSPS) is 22.3. The number of aliphatic hydroxyl groups is 3. The summed E-state index contributed by atoms with van der Waals surface area (Å²) in [5.41, 5.74) is -1.69. The minimum absolute atomic E-state index is 0.133.